The molecule has 0 atom stereocenters. The van der Waals surface area contributed by atoms with Gasteiger partial charge < -0.3 is 9.88 Å². The van der Waals surface area contributed by atoms with Crippen molar-refractivity contribution in [1.29, 1.82) is 0 Å². The Balaban J connectivity index is 1.93. The van der Waals surface area contributed by atoms with Gasteiger partial charge in [0.2, 0.25) is 5.78 Å². The zero-order chi connectivity index (χ0) is 13.9. The van der Waals surface area contributed by atoms with Gasteiger partial charge in [0.15, 0.2) is 5.82 Å². The van der Waals surface area contributed by atoms with Crippen molar-refractivity contribution in [2.75, 3.05) is 13.1 Å². The van der Waals surface area contributed by atoms with Crippen LogP contribution in [0.1, 0.15) is 34.9 Å². The van der Waals surface area contributed by atoms with Crippen molar-refractivity contribution in [3.05, 3.63) is 53.9 Å². The molecular formula is C15H16FN3O. The van der Waals surface area contributed by atoms with Crippen molar-refractivity contribution < 1.29 is 9.18 Å². The molecule has 20 heavy (non-hydrogen) atoms. The van der Waals surface area contributed by atoms with E-state index in [-0.39, 0.29) is 11.3 Å². The lowest BCUT2D eigenvalue weighted by Gasteiger charge is -2.25. The van der Waals surface area contributed by atoms with Gasteiger partial charge in [-0.1, -0.05) is 0 Å². The lowest BCUT2D eigenvalue weighted by molar-refractivity contribution is 0.102. The number of rotatable bonds is 3. The van der Waals surface area contributed by atoms with Gasteiger partial charge in [0.25, 0.3) is 0 Å². The highest BCUT2D eigenvalue weighted by Crippen LogP contribution is 2.23. The Labute approximate surface area is 116 Å². The molecule has 0 unspecified atom stereocenters. The molecule has 1 fully saturated rings. The van der Waals surface area contributed by atoms with Crippen LogP contribution in [0.15, 0.2) is 36.8 Å². The normalized spacial score (nSPS) is 16.2. The van der Waals surface area contributed by atoms with Crippen molar-refractivity contribution in [1.82, 2.24) is 14.9 Å². The molecule has 0 bridgehead atoms. The van der Waals surface area contributed by atoms with Crippen LogP contribution in [0.3, 0.4) is 0 Å². The van der Waals surface area contributed by atoms with E-state index in [0.29, 0.717) is 11.7 Å². The van der Waals surface area contributed by atoms with E-state index < -0.39 is 5.82 Å². The highest BCUT2D eigenvalue weighted by molar-refractivity contribution is 6.08. The summed E-state index contributed by atoms with van der Waals surface area (Å²) in [4.78, 5) is 16.2. The Morgan fingerprint density at radius 2 is 2.15 bits per heavy atom. The first kappa shape index (κ1) is 13.0. The lowest BCUT2D eigenvalue weighted by Crippen LogP contribution is -2.30. The molecule has 1 aliphatic rings. The summed E-state index contributed by atoms with van der Waals surface area (Å²) >= 11 is 0. The minimum Gasteiger partial charge on any atom is -0.342 e. The molecule has 1 saturated heterocycles. The average Bonchev–Trinajstić information content (AvgIpc) is 2.97. The molecule has 0 amide bonds. The summed E-state index contributed by atoms with van der Waals surface area (Å²) in [6.45, 7) is 1.89. The number of pyridine rings is 1. The molecule has 104 valence electrons. The summed E-state index contributed by atoms with van der Waals surface area (Å²) in [5.74, 6) is -0.857. The molecule has 0 radical (unpaired) electrons. The zero-order valence-corrected chi connectivity index (χ0v) is 11.1. The van der Waals surface area contributed by atoms with E-state index in [1.165, 1.54) is 12.3 Å². The van der Waals surface area contributed by atoms with Crippen molar-refractivity contribution in [2.24, 2.45) is 0 Å². The van der Waals surface area contributed by atoms with Crippen molar-refractivity contribution >= 4 is 5.78 Å². The van der Waals surface area contributed by atoms with Crippen LogP contribution in [0.25, 0.3) is 0 Å². The number of halogens is 1. The van der Waals surface area contributed by atoms with Crippen molar-refractivity contribution in [2.45, 2.75) is 18.9 Å². The first-order valence-corrected chi connectivity index (χ1v) is 6.79. The van der Waals surface area contributed by atoms with E-state index in [0.717, 1.165) is 32.1 Å². The monoisotopic (exact) mass is 273 g/mol. The van der Waals surface area contributed by atoms with Gasteiger partial charge in [-0.15, -0.1) is 0 Å². The van der Waals surface area contributed by atoms with Crippen molar-refractivity contribution in [3.63, 3.8) is 0 Å². The Hall–Kier alpha value is -2.01. The zero-order valence-electron chi connectivity index (χ0n) is 11.1. The Bertz CT molecular complexity index is 617. The van der Waals surface area contributed by atoms with E-state index in [4.69, 9.17) is 0 Å². The number of aromatic nitrogens is 2. The third-order valence-corrected chi connectivity index (χ3v) is 3.73. The fourth-order valence-corrected chi connectivity index (χ4v) is 2.69. The topological polar surface area (TPSA) is 46.9 Å². The number of carbonyl (C=O) groups is 1. The van der Waals surface area contributed by atoms with Crippen LogP contribution < -0.4 is 5.32 Å². The average molecular weight is 273 g/mol. The number of carbonyl (C=O) groups excluding carboxylic acids is 1. The first-order chi connectivity index (χ1) is 9.77. The smallest absolute Gasteiger partial charge is 0.212 e. The van der Waals surface area contributed by atoms with Crippen LogP contribution >= 0.6 is 0 Å². The fourth-order valence-electron chi connectivity index (χ4n) is 2.69. The second kappa shape index (κ2) is 5.54. The molecule has 1 aliphatic heterocycles. The van der Waals surface area contributed by atoms with Crippen molar-refractivity contribution in [3.8, 4) is 0 Å². The molecule has 0 aliphatic carbocycles. The maximum Gasteiger partial charge on any atom is 0.212 e. The minimum atomic E-state index is -0.574. The van der Waals surface area contributed by atoms with Gasteiger partial charge in [-0.3, -0.25) is 9.78 Å². The molecule has 0 aromatic carbocycles. The highest BCUT2D eigenvalue weighted by atomic mass is 19.1. The number of piperidine rings is 1. The molecule has 0 saturated carbocycles. The summed E-state index contributed by atoms with van der Waals surface area (Å²) in [6.07, 6.45) is 6.38. The minimum absolute atomic E-state index is 0.0777. The SMILES string of the molecule is O=C(c1ccncc1F)c1cccn1C1CCNCC1. The van der Waals surface area contributed by atoms with Crippen LogP contribution in [0.5, 0.6) is 0 Å². The Morgan fingerprint density at radius 1 is 1.35 bits per heavy atom. The first-order valence-electron chi connectivity index (χ1n) is 6.79. The van der Waals surface area contributed by atoms with E-state index in [1.54, 1.807) is 6.07 Å². The molecule has 2 aromatic heterocycles. The van der Waals surface area contributed by atoms with E-state index in [2.05, 4.69) is 10.3 Å². The largest absolute Gasteiger partial charge is 0.342 e. The van der Waals surface area contributed by atoms with Crippen LogP contribution in [0.4, 0.5) is 4.39 Å². The molecule has 3 rings (SSSR count). The summed E-state index contributed by atoms with van der Waals surface area (Å²) in [6, 6.07) is 5.32. The molecule has 3 heterocycles. The molecule has 2 aromatic rings. The van der Waals surface area contributed by atoms with Crippen LogP contribution in [0, 0.1) is 5.82 Å². The Kier molecular flexibility index (Phi) is 3.60. The number of hydrogen-bond donors (Lipinski definition) is 1. The Morgan fingerprint density at radius 3 is 2.90 bits per heavy atom. The fraction of sp³-hybridized carbons (Fsp3) is 0.333. The number of hydrogen-bond acceptors (Lipinski definition) is 3. The number of nitrogens with zero attached hydrogens (tertiary/aromatic N) is 2. The molecule has 4 nitrogen and oxygen atoms in total. The molecule has 0 spiro atoms. The van der Waals surface area contributed by atoms with Gasteiger partial charge in [0, 0.05) is 18.4 Å². The van der Waals surface area contributed by atoms with Crippen LogP contribution in [0.2, 0.25) is 0 Å². The number of nitrogens with one attached hydrogen (secondary N) is 1. The maximum absolute atomic E-state index is 13.7. The third kappa shape index (κ3) is 2.36. The predicted octanol–water partition coefficient (Wildman–Crippen LogP) is 2.18. The summed E-state index contributed by atoms with van der Waals surface area (Å²) in [7, 11) is 0. The van der Waals surface area contributed by atoms with Gasteiger partial charge >= 0.3 is 0 Å². The lowest BCUT2D eigenvalue weighted by atomic mass is 10.0. The second-order valence-electron chi connectivity index (χ2n) is 4.97. The predicted molar refractivity (Wildman–Crippen MR) is 73.2 cm³/mol. The maximum atomic E-state index is 13.7. The van der Waals surface area contributed by atoms with Gasteiger partial charge in [0.05, 0.1) is 17.5 Å². The highest BCUT2D eigenvalue weighted by Gasteiger charge is 2.22. The van der Waals surface area contributed by atoms with Gasteiger partial charge in [0.1, 0.15) is 0 Å². The molecule has 1 N–H and O–H groups in total. The van der Waals surface area contributed by atoms with E-state index >= 15 is 0 Å². The van der Waals surface area contributed by atoms with Gasteiger partial charge in [-0.05, 0) is 44.1 Å². The molecular weight excluding hydrogens is 257 g/mol. The van der Waals surface area contributed by atoms with E-state index in [1.807, 2.05) is 16.8 Å². The number of ketones is 1. The standard InChI is InChI=1S/C15H16FN3O/c16-13-10-18-8-5-12(13)15(20)14-2-1-9-19(14)11-3-6-17-7-4-11/h1-2,5,8-11,17H,3-4,6-7H2. The summed E-state index contributed by atoms with van der Waals surface area (Å²) < 4.78 is 15.7. The van der Waals surface area contributed by atoms with Crippen LogP contribution in [-0.4, -0.2) is 28.4 Å². The summed E-state index contributed by atoms with van der Waals surface area (Å²) in [5.41, 5.74) is 0.621. The van der Waals surface area contributed by atoms with Gasteiger partial charge in [-0.2, -0.15) is 0 Å². The quantitative estimate of drug-likeness (QED) is 0.872. The third-order valence-electron chi connectivity index (χ3n) is 3.73. The second-order valence-corrected chi connectivity index (χ2v) is 4.97. The molecule has 5 heteroatoms. The van der Waals surface area contributed by atoms with E-state index in [9.17, 15) is 9.18 Å². The summed E-state index contributed by atoms with van der Waals surface area (Å²) in [5, 5.41) is 3.30. The van der Waals surface area contributed by atoms with Crippen LogP contribution in [-0.2, 0) is 0 Å². The van der Waals surface area contributed by atoms with Gasteiger partial charge in [-0.25, -0.2) is 4.39 Å².